The number of carbonyl (C=O) groups is 1. The second-order valence-corrected chi connectivity index (χ2v) is 5.33. The molecule has 1 amide bonds. The van der Waals surface area contributed by atoms with Gasteiger partial charge in [0, 0.05) is 11.1 Å². The number of aromatic nitrogens is 1. The Balaban J connectivity index is 2.48. The van der Waals surface area contributed by atoms with Crippen LogP contribution in [0.5, 0.6) is 0 Å². The minimum absolute atomic E-state index is 0.0228. The van der Waals surface area contributed by atoms with Crippen molar-refractivity contribution in [3.63, 3.8) is 0 Å². The molecule has 2 heterocycles. The quantitative estimate of drug-likeness (QED) is 0.942. The van der Waals surface area contributed by atoms with E-state index in [4.69, 9.17) is 17.3 Å². The fraction of sp³-hybridized carbons (Fsp3) is 0.167. The second kappa shape index (κ2) is 5.41. The Hall–Kier alpha value is -1.60. The molecule has 2 N–H and O–H groups in total. The van der Waals surface area contributed by atoms with E-state index in [0.717, 1.165) is 6.07 Å². The lowest BCUT2D eigenvalue weighted by molar-refractivity contribution is -0.137. The Labute approximate surface area is 121 Å². The molecule has 0 radical (unpaired) electrons. The number of primary amides is 1. The highest BCUT2D eigenvalue weighted by Gasteiger charge is 2.33. The minimum atomic E-state index is -4.54. The van der Waals surface area contributed by atoms with Crippen LogP contribution in [0.4, 0.5) is 13.2 Å². The van der Waals surface area contributed by atoms with E-state index >= 15 is 0 Å². The Kier molecular flexibility index (Phi) is 4.01. The molecule has 0 aliphatic carbocycles. The Morgan fingerprint density at radius 1 is 1.45 bits per heavy atom. The van der Waals surface area contributed by atoms with Gasteiger partial charge in [-0.15, -0.1) is 11.3 Å². The van der Waals surface area contributed by atoms with E-state index < -0.39 is 23.6 Å². The van der Waals surface area contributed by atoms with Gasteiger partial charge in [-0.2, -0.15) is 13.2 Å². The maximum Gasteiger partial charge on any atom is 0.417 e. The van der Waals surface area contributed by atoms with E-state index in [1.807, 2.05) is 0 Å². The molecule has 0 aliphatic heterocycles. The van der Waals surface area contributed by atoms with E-state index in [1.165, 1.54) is 11.3 Å². The number of rotatable bonds is 3. The number of thiophene rings is 1. The van der Waals surface area contributed by atoms with Crippen molar-refractivity contribution in [3.05, 3.63) is 50.9 Å². The zero-order valence-corrected chi connectivity index (χ0v) is 11.4. The number of alkyl halides is 3. The maximum atomic E-state index is 12.5. The smallest absolute Gasteiger partial charge is 0.369 e. The van der Waals surface area contributed by atoms with Gasteiger partial charge in [-0.25, -0.2) is 0 Å². The largest absolute Gasteiger partial charge is 0.417 e. The van der Waals surface area contributed by atoms with Crippen molar-refractivity contribution < 1.29 is 18.0 Å². The molecule has 20 heavy (non-hydrogen) atoms. The summed E-state index contributed by atoms with van der Waals surface area (Å²) >= 11 is 7.08. The Morgan fingerprint density at radius 2 is 2.15 bits per heavy atom. The van der Waals surface area contributed by atoms with Gasteiger partial charge in [0.05, 0.1) is 16.3 Å². The van der Waals surface area contributed by atoms with E-state index in [1.54, 1.807) is 17.5 Å². The topological polar surface area (TPSA) is 56.0 Å². The van der Waals surface area contributed by atoms with Gasteiger partial charge in [0.15, 0.2) is 0 Å². The third kappa shape index (κ3) is 2.94. The Bertz CT molecular complexity index is 628. The summed E-state index contributed by atoms with van der Waals surface area (Å²) in [6.07, 6.45) is -3.90. The number of nitrogens with zero attached hydrogens (tertiary/aromatic N) is 1. The van der Waals surface area contributed by atoms with Gasteiger partial charge in [0.2, 0.25) is 5.91 Å². The summed E-state index contributed by atoms with van der Waals surface area (Å²) in [6.45, 7) is 0. The van der Waals surface area contributed by atoms with Crippen LogP contribution in [0.2, 0.25) is 5.02 Å². The fourth-order valence-electron chi connectivity index (χ4n) is 1.68. The molecule has 0 saturated heterocycles. The third-order valence-corrected chi connectivity index (χ3v) is 3.82. The van der Waals surface area contributed by atoms with Gasteiger partial charge in [0.25, 0.3) is 0 Å². The van der Waals surface area contributed by atoms with Gasteiger partial charge in [-0.1, -0.05) is 17.7 Å². The average Bonchev–Trinajstić information content (AvgIpc) is 2.83. The first-order valence-corrected chi connectivity index (χ1v) is 6.62. The molecule has 0 aromatic carbocycles. The summed E-state index contributed by atoms with van der Waals surface area (Å²) in [5.41, 5.74) is 4.35. The molecular weight excluding hydrogens is 313 g/mol. The Morgan fingerprint density at radius 3 is 2.60 bits per heavy atom. The lowest BCUT2D eigenvalue weighted by Gasteiger charge is -2.14. The molecule has 1 unspecified atom stereocenters. The van der Waals surface area contributed by atoms with Crippen molar-refractivity contribution in [1.82, 2.24) is 4.98 Å². The molecule has 2 aromatic heterocycles. The second-order valence-electron chi connectivity index (χ2n) is 3.94. The monoisotopic (exact) mass is 320 g/mol. The molecule has 0 aliphatic rings. The number of carbonyl (C=O) groups excluding carboxylic acids is 1. The van der Waals surface area contributed by atoms with Gasteiger partial charge in [0.1, 0.15) is 5.92 Å². The van der Waals surface area contributed by atoms with Crippen LogP contribution in [-0.4, -0.2) is 10.9 Å². The summed E-state index contributed by atoms with van der Waals surface area (Å²) in [4.78, 5) is 15.8. The molecular formula is C12H8ClF3N2OS. The summed E-state index contributed by atoms with van der Waals surface area (Å²) < 4.78 is 37.6. The van der Waals surface area contributed by atoms with E-state index in [2.05, 4.69) is 4.98 Å². The van der Waals surface area contributed by atoms with Gasteiger partial charge >= 0.3 is 6.18 Å². The standard InChI is InChI=1S/C12H8ClF3N2OS/c13-7-4-6(12(14,15)16)5-18-10(7)9(11(17)19)8-2-1-3-20-8/h1-5,9H,(H2,17,19). The molecule has 1 atom stereocenters. The number of hydrogen-bond donors (Lipinski definition) is 1. The third-order valence-electron chi connectivity index (χ3n) is 2.58. The van der Waals surface area contributed by atoms with Gasteiger partial charge < -0.3 is 5.73 Å². The number of amides is 1. The zero-order chi connectivity index (χ0) is 14.9. The first-order chi connectivity index (χ1) is 9.30. The van der Waals surface area contributed by atoms with E-state index in [9.17, 15) is 18.0 Å². The lowest BCUT2D eigenvalue weighted by Crippen LogP contribution is -2.23. The van der Waals surface area contributed by atoms with Crippen LogP contribution in [-0.2, 0) is 11.0 Å². The first-order valence-electron chi connectivity index (χ1n) is 5.36. The minimum Gasteiger partial charge on any atom is -0.369 e. The van der Waals surface area contributed by atoms with Crippen LogP contribution >= 0.6 is 22.9 Å². The highest BCUT2D eigenvalue weighted by Crippen LogP contribution is 2.35. The predicted octanol–water partition coefficient (Wildman–Crippen LogP) is 3.43. The molecule has 106 valence electrons. The molecule has 0 spiro atoms. The van der Waals surface area contributed by atoms with Crippen LogP contribution in [0.3, 0.4) is 0 Å². The van der Waals surface area contributed by atoms with Crippen molar-refractivity contribution in [1.29, 1.82) is 0 Å². The van der Waals surface area contributed by atoms with Gasteiger partial charge in [-0.05, 0) is 17.5 Å². The van der Waals surface area contributed by atoms with Crippen molar-refractivity contribution in [2.24, 2.45) is 5.73 Å². The maximum absolute atomic E-state index is 12.5. The van der Waals surface area contributed by atoms with Crippen molar-refractivity contribution in [2.75, 3.05) is 0 Å². The SMILES string of the molecule is NC(=O)C(c1cccs1)c1ncc(C(F)(F)F)cc1Cl. The zero-order valence-electron chi connectivity index (χ0n) is 9.82. The molecule has 3 nitrogen and oxygen atoms in total. The molecule has 0 saturated carbocycles. The van der Waals surface area contributed by atoms with Crippen molar-refractivity contribution in [2.45, 2.75) is 12.1 Å². The molecule has 0 bridgehead atoms. The highest BCUT2D eigenvalue weighted by atomic mass is 35.5. The lowest BCUT2D eigenvalue weighted by atomic mass is 10.0. The normalized spacial score (nSPS) is 13.2. The summed E-state index contributed by atoms with van der Waals surface area (Å²) in [7, 11) is 0. The average molecular weight is 321 g/mol. The highest BCUT2D eigenvalue weighted by molar-refractivity contribution is 7.10. The predicted molar refractivity (Wildman–Crippen MR) is 69.6 cm³/mol. The molecule has 0 fully saturated rings. The summed E-state index contributed by atoms with van der Waals surface area (Å²) in [6, 6.07) is 4.09. The number of hydrogen-bond acceptors (Lipinski definition) is 3. The number of pyridine rings is 1. The number of nitrogens with two attached hydrogens (primary N) is 1. The van der Waals surface area contributed by atoms with Crippen LogP contribution in [0.1, 0.15) is 22.1 Å². The van der Waals surface area contributed by atoms with Crippen molar-refractivity contribution >= 4 is 28.8 Å². The van der Waals surface area contributed by atoms with E-state index in [-0.39, 0.29) is 10.7 Å². The first kappa shape index (κ1) is 14.8. The molecule has 2 aromatic rings. The summed E-state index contributed by atoms with van der Waals surface area (Å²) in [5.74, 6) is -1.67. The fourth-order valence-corrected chi connectivity index (χ4v) is 2.79. The van der Waals surface area contributed by atoms with Crippen LogP contribution in [0.25, 0.3) is 0 Å². The number of halogens is 4. The summed E-state index contributed by atoms with van der Waals surface area (Å²) in [5, 5.41) is 1.49. The van der Waals surface area contributed by atoms with E-state index in [0.29, 0.717) is 11.1 Å². The van der Waals surface area contributed by atoms with Gasteiger partial charge in [-0.3, -0.25) is 9.78 Å². The molecule has 8 heteroatoms. The molecule has 2 rings (SSSR count). The van der Waals surface area contributed by atoms with Crippen molar-refractivity contribution in [3.8, 4) is 0 Å². The van der Waals surface area contributed by atoms with Crippen LogP contribution < -0.4 is 5.73 Å². The van der Waals surface area contributed by atoms with Crippen LogP contribution in [0.15, 0.2) is 29.8 Å². The van der Waals surface area contributed by atoms with Crippen LogP contribution in [0, 0.1) is 0 Å².